The summed E-state index contributed by atoms with van der Waals surface area (Å²) in [7, 11) is 1.60. The third-order valence-electron chi connectivity index (χ3n) is 5.71. The lowest BCUT2D eigenvalue weighted by molar-refractivity contribution is 0.299. The number of rotatable bonds is 2. The topological polar surface area (TPSA) is 104 Å². The second kappa shape index (κ2) is 6.66. The summed E-state index contributed by atoms with van der Waals surface area (Å²) < 4.78 is 5.22. The van der Waals surface area contributed by atoms with Crippen LogP contribution in [0.3, 0.4) is 0 Å². The quantitative estimate of drug-likeness (QED) is 0.820. The second-order valence-corrected chi connectivity index (χ2v) is 7.14. The first-order valence-corrected chi connectivity index (χ1v) is 8.67. The van der Waals surface area contributed by atoms with E-state index in [4.69, 9.17) is 10.1 Å². The lowest BCUT2D eigenvalue weighted by Crippen LogP contribution is -2.48. The molecular weight excluding hydrogens is 324 g/mol. The highest BCUT2D eigenvalue weighted by Gasteiger charge is 2.56. The molecule has 130 valence electrons. The molecule has 1 fully saturated rings. The summed E-state index contributed by atoms with van der Waals surface area (Å²) in [5.41, 5.74) is -0.0638. The van der Waals surface area contributed by atoms with Crippen molar-refractivity contribution in [3.05, 3.63) is 41.5 Å². The summed E-state index contributed by atoms with van der Waals surface area (Å²) in [6.45, 7) is 2.14. The van der Waals surface area contributed by atoms with Gasteiger partial charge in [0.1, 0.15) is 5.75 Å². The minimum absolute atomic E-state index is 0.0924. The number of hydrogen-bond donors (Lipinski definition) is 1. The predicted octanol–water partition coefficient (Wildman–Crippen LogP) is 3.96. The van der Waals surface area contributed by atoms with E-state index in [1.807, 2.05) is 30.3 Å². The average Bonchev–Trinajstić information content (AvgIpc) is 2.68. The van der Waals surface area contributed by atoms with Crippen molar-refractivity contribution in [1.82, 2.24) is 0 Å². The summed E-state index contributed by atoms with van der Waals surface area (Å²) in [4.78, 5) is 0. The second-order valence-electron chi connectivity index (χ2n) is 7.14. The Morgan fingerprint density at radius 3 is 2.35 bits per heavy atom. The maximum atomic E-state index is 9.82. The van der Waals surface area contributed by atoms with Crippen LogP contribution in [0, 0.1) is 62.6 Å². The smallest absolute Gasteiger partial charge is 0.203 e. The van der Waals surface area contributed by atoms with Crippen LogP contribution >= 0.6 is 0 Å². The van der Waals surface area contributed by atoms with Crippen molar-refractivity contribution < 1.29 is 4.74 Å². The van der Waals surface area contributed by atoms with Crippen molar-refractivity contribution >= 4 is 5.71 Å². The van der Waals surface area contributed by atoms with E-state index < -0.39 is 11.3 Å². The molecule has 5 nitrogen and oxygen atoms in total. The molecule has 2 aliphatic rings. The van der Waals surface area contributed by atoms with Crippen molar-refractivity contribution in [3.8, 4) is 24.0 Å². The molecule has 2 aliphatic carbocycles. The van der Waals surface area contributed by atoms with Crippen molar-refractivity contribution in [1.29, 1.82) is 21.2 Å². The molecule has 0 amide bonds. The lowest BCUT2D eigenvalue weighted by atomic mass is 9.53. The van der Waals surface area contributed by atoms with E-state index in [2.05, 4.69) is 25.1 Å². The Hall–Kier alpha value is -3.10. The molecule has 3 rings (SSSR count). The molecule has 4 atom stereocenters. The summed E-state index contributed by atoms with van der Waals surface area (Å²) in [5, 5.41) is 37.9. The number of hydrogen-bond acceptors (Lipinski definition) is 5. The van der Waals surface area contributed by atoms with E-state index in [9.17, 15) is 15.8 Å². The van der Waals surface area contributed by atoms with Crippen LogP contribution < -0.4 is 4.74 Å². The van der Waals surface area contributed by atoms with Gasteiger partial charge in [-0.25, -0.2) is 0 Å². The van der Waals surface area contributed by atoms with Gasteiger partial charge in [-0.3, -0.25) is 0 Å². The van der Waals surface area contributed by atoms with Gasteiger partial charge in [0.25, 0.3) is 0 Å². The number of ether oxygens (including phenoxy) is 1. The Morgan fingerprint density at radius 2 is 1.81 bits per heavy atom. The molecule has 0 aromatic heterocycles. The first-order chi connectivity index (χ1) is 12.5. The molecule has 1 aromatic carbocycles. The normalized spacial score (nSPS) is 29.3. The van der Waals surface area contributed by atoms with Gasteiger partial charge in [-0.15, -0.1) is 0 Å². The van der Waals surface area contributed by atoms with Gasteiger partial charge in [0, 0.05) is 5.92 Å². The first kappa shape index (κ1) is 17.7. The van der Waals surface area contributed by atoms with E-state index in [0.29, 0.717) is 11.5 Å². The van der Waals surface area contributed by atoms with Crippen LogP contribution in [0.25, 0.3) is 0 Å². The van der Waals surface area contributed by atoms with Gasteiger partial charge in [0.05, 0.1) is 36.9 Å². The lowest BCUT2D eigenvalue weighted by Gasteiger charge is -2.46. The van der Waals surface area contributed by atoms with Gasteiger partial charge >= 0.3 is 0 Å². The maximum absolute atomic E-state index is 9.82. The van der Waals surface area contributed by atoms with Gasteiger partial charge in [-0.2, -0.15) is 15.8 Å². The molecule has 1 saturated carbocycles. The molecule has 0 heterocycles. The van der Waals surface area contributed by atoms with Crippen LogP contribution in [0.1, 0.15) is 31.2 Å². The van der Waals surface area contributed by atoms with E-state index in [1.54, 1.807) is 7.11 Å². The summed E-state index contributed by atoms with van der Waals surface area (Å²) in [6, 6.07) is 13.9. The van der Waals surface area contributed by atoms with Gasteiger partial charge < -0.3 is 10.1 Å². The minimum Gasteiger partial charge on any atom is -0.497 e. The van der Waals surface area contributed by atoms with Crippen LogP contribution in [0.4, 0.5) is 0 Å². The Balaban J connectivity index is 2.18. The molecule has 26 heavy (non-hydrogen) atoms. The van der Waals surface area contributed by atoms with Crippen molar-refractivity contribution in [2.45, 2.75) is 25.7 Å². The van der Waals surface area contributed by atoms with Gasteiger partial charge in [-0.1, -0.05) is 25.1 Å². The highest BCUT2D eigenvalue weighted by Crippen LogP contribution is 2.55. The third kappa shape index (κ3) is 2.47. The number of nitriles is 3. The molecule has 5 heteroatoms. The Morgan fingerprint density at radius 1 is 1.15 bits per heavy atom. The van der Waals surface area contributed by atoms with Gasteiger partial charge in [-0.05, 0) is 47.9 Å². The molecule has 1 aromatic rings. The molecule has 0 aliphatic heterocycles. The number of nitrogens with one attached hydrogen (secondary N) is 1. The molecule has 0 bridgehead atoms. The summed E-state index contributed by atoms with van der Waals surface area (Å²) in [5.74, 6) is 0.0121. The first-order valence-electron chi connectivity index (χ1n) is 8.67. The van der Waals surface area contributed by atoms with Crippen molar-refractivity contribution in [2.24, 2.45) is 23.2 Å². The van der Waals surface area contributed by atoms with Crippen LogP contribution in [0.5, 0.6) is 5.75 Å². The molecule has 1 N–H and O–H groups in total. The molecule has 0 saturated heterocycles. The number of benzene rings is 1. The monoisotopic (exact) mass is 344 g/mol. The van der Waals surface area contributed by atoms with E-state index in [-0.39, 0.29) is 17.5 Å². The van der Waals surface area contributed by atoms with Crippen molar-refractivity contribution in [3.63, 3.8) is 0 Å². The standard InChI is InChI=1S/C21H20N4O/c1-13-3-8-18-16(9-13)19(14-4-6-15(26-2)7-5-14)17(10-22)20(25)21(18,11-23)12-24/h4-8,13,16-17,19,25H,3,9H2,1-2H3. The molecular formula is C21H20N4O. The number of methoxy groups -OCH3 is 1. The number of nitrogens with zero attached hydrogens (tertiary/aromatic N) is 3. The SMILES string of the molecule is COc1ccc(C2C(C#N)C(=N)C(C#N)(C#N)C3=CCC(C)CC32)cc1. The maximum Gasteiger partial charge on any atom is 0.203 e. The summed E-state index contributed by atoms with van der Waals surface area (Å²) >= 11 is 0. The molecule has 0 radical (unpaired) electrons. The minimum atomic E-state index is -1.62. The predicted molar refractivity (Wildman–Crippen MR) is 96.2 cm³/mol. The Kier molecular flexibility index (Phi) is 4.54. The van der Waals surface area contributed by atoms with E-state index >= 15 is 0 Å². The van der Waals surface area contributed by atoms with Crippen molar-refractivity contribution in [2.75, 3.05) is 7.11 Å². The Bertz CT molecular complexity index is 865. The summed E-state index contributed by atoms with van der Waals surface area (Å²) in [6.07, 6.45) is 3.56. The fraction of sp³-hybridized carbons (Fsp3) is 0.429. The zero-order chi connectivity index (χ0) is 18.9. The van der Waals surface area contributed by atoms with E-state index in [1.165, 1.54) is 0 Å². The zero-order valence-corrected chi connectivity index (χ0v) is 14.9. The van der Waals surface area contributed by atoms with E-state index in [0.717, 1.165) is 24.2 Å². The molecule has 4 unspecified atom stereocenters. The largest absolute Gasteiger partial charge is 0.497 e. The van der Waals surface area contributed by atoms with Crippen LogP contribution in [0.2, 0.25) is 0 Å². The van der Waals surface area contributed by atoms with Gasteiger partial charge in [0.15, 0.2) is 0 Å². The fourth-order valence-corrected chi connectivity index (χ4v) is 4.38. The highest BCUT2D eigenvalue weighted by molar-refractivity contribution is 6.01. The van der Waals surface area contributed by atoms with Crippen LogP contribution in [-0.2, 0) is 0 Å². The average molecular weight is 344 g/mol. The number of fused-ring (bicyclic) bond motifs is 1. The number of allylic oxidation sites excluding steroid dienone is 2. The zero-order valence-electron chi connectivity index (χ0n) is 14.9. The Labute approximate surface area is 153 Å². The highest BCUT2D eigenvalue weighted by atomic mass is 16.5. The van der Waals surface area contributed by atoms with Crippen LogP contribution in [-0.4, -0.2) is 12.8 Å². The van der Waals surface area contributed by atoms with Crippen LogP contribution in [0.15, 0.2) is 35.9 Å². The molecule has 0 spiro atoms. The fourth-order valence-electron chi connectivity index (χ4n) is 4.38. The van der Waals surface area contributed by atoms with Gasteiger partial charge in [0.2, 0.25) is 5.41 Å². The third-order valence-corrected chi connectivity index (χ3v) is 5.71.